The molecule has 0 saturated carbocycles. The number of hydrogen-bond acceptors (Lipinski definition) is 3. The van der Waals surface area contributed by atoms with E-state index in [9.17, 15) is 4.79 Å². The van der Waals surface area contributed by atoms with Crippen molar-refractivity contribution in [3.8, 4) is 0 Å². The van der Waals surface area contributed by atoms with Gasteiger partial charge in [0, 0.05) is 30.9 Å². The second-order valence-corrected chi connectivity index (χ2v) is 6.72. The highest BCUT2D eigenvalue weighted by molar-refractivity contribution is 5.67. The van der Waals surface area contributed by atoms with Gasteiger partial charge in [0.2, 0.25) is 0 Å². The van der Waals surface area contributed by atoms with E-state index >= 15 is 0 Å². The highest BCUT2D eigenvalue weighted by atomic mass is 16.6. The highest BCUT2D eigenvalue weighted by Gasteiger charge is 2.18. The predicted molar refractivity (Wildman–Crippen MR) is 90.4 cm³/mol. The van der Waals surface area contributed by atoms with E-state index in [1.807, 2.05) is 51.5 Å². The molecule has 1 heterocycles. The lowest BCUT2D eigenvalue weighted by Crippen LogP contribution is -2.34. The van der Waals surface area contributed by atoms with Gasteiger partial charge in [-0.15, -0.1) is 0 Å². The largest absolute Gasteiger partial charge is 0.444 e. The van der Waals surface area contributed by atoms with Crippen molar-refractivity contribution in [1.29, 1.82) is 0 Å². The first-order chi connectivity index (χ1) is 10.8. The van der Waals surface area contributed by atoms with Gasteiger partial charge in [0.05, 0.1) is 6.33 Å². The van der Waals surface area contributed by atoms with Crippen molar-refractivity contribution in [2.24, 2.45) is 0 Å². The van der Waals surface area contributed by atoms with Crippen LogP contribution in [-0.4, -0.2) is 27.8 Å². The van der Waals surface area contributed by atoms with Crippen LogP contribution in [0.25, 0.3) is 0 Å². The Morgan fingerprint density at radius 1 is 1.30 bits per heavy atom. The van der Waals surface area contributed by atoms with Crippen molar-refractivity contribution < 1.29 is 9.53 Å². The van der Waals surface area contributed by atoms with E-state index < -0.39 is 11.7 Å². The Balaban J connectivity index is 1.94. The van der Waals surface area contributed by atoms with E-state index in [1.165, 1.54) is 5.56 Å². The number of benzene rings is 1. The minimum absolute atomic E-state index is 0.147. The zero-order valence-corrected chi connectivity index (χ0v) is 14.2. The summed E-state index contributed by atoms with van der Waals surface area (Å²) in [6, 6.07) is 10.2. The van der Waals surface area contributed by atoms with E-state index in [-0.39, 0.29) is 5.92 Å². The molecule has 1 aromatic carbocycles. The molecule has 1 amide bonds. The molecule has 0 aliphatic heterocycles. The quantitative estimate of drug-likeness (QED) is 0.918. The molecule has 0 spiro atoms. The topological polar surface area (TPSA) is 56.1 Å². The number of hydrogen-bond donors (Lipinski definition) is 1. The van der Waals surface area contributed by atoms with Gasteiger partial charge in [0.1, 0.15) is 5.60 Å². The SMILES string of the molecule is CC(CNC(=O)OC(C)(C)C)c1cncn1Cc1ccccc1. The first-order valence-corrected chi connectivity index (χ1v) is 7.86. The maximum absolute atomic E-state index is 11.8. The van der Waals surface area contributed by atoms with Crippen LogP contribution < -0.4 is 5.32 Å². The van der Waals surface area contributed by atoms with Crippen LogP contribution in [0.1, 0.15) is 44.9 Å². The van der Waals surface area contributed by atoms with E-state index in [0.29, 0.717) is 6.54 Å². The average molecular weight is 315 g/mol. The highest BCUT2D eigenvalue weighted by Crippen LogP contribution is 2.16. The first-order valence-electron chi connectivity index (χ1n) is 7.86. The lowest BCUT2D eigenvalue weighted by atomic mass is 10.1. The molecule has 124 valence electrons. The van der Waals surface area contributed by atoms with Crippen LogP contribution in [0.3, 0.4) is 0 Å². The Hall–Kier alpha value is -2.30. The molecule has 1 aromatic heterocycles. The second kappa shape index (κ2) is 7.31. The van der Waals surface area contributed by atoms with Crippen molar-refractivity contribution in [1.82, 2.24) is 14.9 Å². The normalized spacial score (nSPS) is 12.7. The maximum Gasteiger partial charge on any atom is 0.407 e. The monoisotopic (exact) mass is 315 g/mol. The average Bonchev–Trinajstić information content (AvgIpc) is 2.92. The van der Waals surface area contributed by atoms with Crippen LogP contribution in [0.4, 0.5) is 4.79 Å². The van der Waals surface area contributed by atoms with Gasteiger partial charge in [-0.25, -0.2) is 9.78 Å². The van der Waals surface area contributed by atoms with E-state index in [0.717, 1.165) is 12.2 Å². The summed E-state index contributed by atoms with van der Waals surface area (Å²) in [6.07, 6.45) is 3.29. The number of amides is 1. The number of alkyl carbamates (subject to hydrolysis) is 1. The summed E-state index contributed by atoms with van der Waals surface area (Å²) < 4.78 is 7.37. The Morgan fingerprint density at radius 3 is 2.65 bits per heavy atom. The number of aromatic nitrogens is 2. The summed E-state index contributed by atoms with van der Waals surface area (Å²) in [5.41, 5.74) is 1.83. The summed E-state index contributed by atoms with van der Waals surface area (Å²) in [4.78, 5) is 16.0. The van der Waals surface area contributed by atoms with Crippen LogP contribution >= 0.6 is 0 Å². The summed E-state index contributed by atoms with van der Waals surface area (Å²) in [6.45, 7) is 8.90. The third-order valence-electron chi connectivity index (χ3n) is 3.40. The van der Waals surface area contributed by atoms with E-state index in [2.05, 4.69) is 33.9 Å². The minimum Gasteiger partial charge on any atom is -0.444 e. The zero-order valence-electron chi connectivity index (χ0n) is 14.2. The standard InChI is InChI=1S/C18H25N3O2/c1-14(10-20-17(22)23-18(2,3)4)16-11-19-13-21(16)12-15-8-6-5-7-9-15/h5-9,11,13-14H,10,12H2,1-4H3,(H,20,22). The fraction of sp³-hybridized carbons (Fsp3) is 0.444. The number of carbonyl (C=O) groups is 1. The summed E-state index contributed by atoms with van der Waals surface area (Å²) in [5, 5.41) is 2.82. The van der Waals surface area contributed by atoms with E-state index in [1.54, 1.807) is 0 Å². The smallest absolute Gasteiger partial charge is 0.407 e. The zero-order chi connectivity index (χ0) is 16.9. The lowest BCUT2D eigenvalue weighted by molar-refractivity contribution is 0.0525. The number of rotatable bonds is 5. The fourth-order valence-corrected chi connectivity index (χ4v) is 2.31. The molecule has 1 N–H and O–H groups in total. The van der Waals surface area contributed by atoms with Crippen LogP contribution in [-0.2, 0) is 11.3 Å². The second-order valence-electron chi connectivity index (χ2n) is 6.72. The summed E-state index contributed by atoms with van der Waals surface area (Å²) >= 11 is 0. The molecule has 5 heteroatoms. The molecule has 0 fully saturated rings. The van der Waals surface area contributed by atoms with Gasteiger partial charge in [-0.1, -0.05) is 37.3 Å². The summed E-state index contributed by atoms with van der Waals surface area (Å²) in [7, 11) is 0. The molecule has 1 atom stereocenters. The third kappa shape index (κ3) is 5.43. The van der Waals surface area contributed by atoms with E-state index in [4.69, 9.17) is 4.74 Å². The number of carbonyl (C=O) groups excluding carboxylic acids is 1. The van der Waals surface area contributed by atoms with Crippen molar-refractivity contribution in [2.75, 3.05) is 6.54 Å². The van der Waals surface area contributed by atoms with Crippen molar-refractivity contribution in [3.05, 3.63) is 54.1 Å². The third-order valence-corrected chi connectivity index (χ3v) is 3.40. The van der Waals surface area contributed by atoms with Gasteiger partial charge in [-0.2, -0.15) is 0 Å². The van der Waals surface area contributed by atoms with Crippen molar-refractivity contribution >= 4 is 6.09 Å². The van der Waals surface area contributed by atoms with Gasteiger partial charge in [0.15, 0.2) is 0 Å². The van der Waals surface area contributed by atoms with Gasteiger partial charge in [0.25, 0.3) is 0 Å². The Morgan fingerprint density at radius 2 is 2.00 bits per heavy atom. The first kappa shape index (κ1) is 17.1. The van der Waals surface area contributed by atoms with Gasteiger partial charge in [-0.3, -0.25) is 0 Å². The number of nitrogens with zero attached hydrogens (tertiary/aromatic N) is 2. The van der Waals surface area contributed by atoms with Crippen molar-refractivity contribution in [2.45, 2.75) is 45.8 Å². The molecular formula is C18H25N3O2. The van der Waals surface area contributed by atoms with Gasteiger partial charge < -0.3 is 14.6 Å². The number of ether oxygens (including phenoxy) is 1. The Kier molecular flexibility index (Phi) is 5.42. The molecule has 23 heavy (non-hydrogen) atoms. The minimum atomic E-state index is -0.484. The predicted octanol–water partition coefficient (Wildman–Crippen LogP) is 3.56. The fourth-order valence-electron chi connectivity index (χ4n) is 2.31. The van der Waals surface area contributed by atoms with Crippen LogP contribution in [0.2, 0.25) is 0 Å². The van der Waals surface area contributed by atoms with Crippen LogP contribution in [0.5, 0.6) is 0 Å². The maximum atomic E-state index is 11.8. The Bertz CT molecular complexity index is 629. The Labute approximate surface area is 137 Å². The van der Waals surface area contributed by atoms with Crippen molar-refractivity contribution in [3.63, 3.8) is 0 Å². The molecular weight excluding hydrogens is 290 g/mol. The molecule has 2 aromatic rings. The van der Waals surface area contributed by atoms with Gasteiger partial charge >= 0.3 is 6.09 Å². The molecule has 0 bridgehead atoms. The number of imidazole rings is 1. The lowest BCUT2D eigenvalue weighted by Gasteiger charge is -2.21. The molecule has 0 aliphatic rings. The van der Waals surface area contributed by atoms with Crippen LogP contribution in [0, 0.1) is 0 Å². The molecule has 5 nitrogen and oxygen atoms in total. The molecule has 2 rings (SSSR count). The molecule has 1 unspecified atom stereocenters. The molecule has 0 radical (unpaired) electrons. The van der Waals surface area contributed by atoms with Gasteiger partial charge in [-0.05, 0) is 26.3 Å². The summed E-state index contributed by atoms with van der Waals surface area (Å²) in [5.74, 6) is 0.147. The van der Waals surface area contributed by atoms with Crippen LogP contribution in [0.15, 0.2) is 42.9 Å². The molecule has 0 saturated heterocycles. The number of nitrogens with one attached hydrogen (secondary N) is 1. The molecule has 0 aliphatic carbocycles.